The lowest BCUT2D eigenvalue weighted by Crippen LogP contribution is -2.38. The normalized spacial score (nSPS) is 16.8. The number of pyridine rings is 1. The van der Waals surface area contributed by atoms with Crippen LogP contribution in [0.15, 0.2) is 41.0 Å². The van der Waals surface area contributed by atoms with Crippen molar-refractivity contribution in [1.82, 2.24) is 4.98 Å². The van der Waals surface area contributed by atoms with Gasteiger partial charge in [-0.25, -0.2) is 13.8 Å². The second-order valence-electron chi connectivity index (χ2n) is 5.92. The fourth-order valence-electron chi connectivity index (χ4n) is 2.98. The molecule has 1 aliphatic heterocycles. The monoisotopic (exact) mass is 423 g/mol. The minimum atomic E-state index is -0.826. The van der Waals surface area contributed by atoms with Gasteiger partial charge in [-0.05, 0) is 47.1 Å². The van der Waals surface area contributed by atoms with Crippen LogP contribution in [0, 0.1) is 17.6 Å². The van der Waals surface area contributed by atoms with Crippen molar-refractivity contribution >= 4 is 39.2 Å². The van der Waals surface area contributed by atoms with Crippen molar-refractivity contribution in [3.05, 3.63) is 52.6 Å². The molecule has 0 spiro atoms. The quantitative estimate of drug-likeness (QED) is 0.755. The molecule has 136 valence electrons. The predicted octanol–water partition coefficient (Wildman–Crippen LogP) is 3.53. The number of carbonyl (C=O) groups is 2. The van der Waals surface area contributed by atoms with Gasteiger partial charge in [-0.3, -0.25) is 14.5 Å². The van der Waals surface area contributed by atoms with Gasteiger partial charge >= 0.3 is 0 Å². The van der Waals surface area contributed by atoms with Gasteiger partial charge in [0.1, 0.15) is 17.5 Å². The number of amides is 2. The number of anilines is 2. The van der Waals surface area contributed by atoms with Crippen LogP contribution in [0.5, 0.6) is 0 Å². The van der Waals surface area contributed by atoms with Crippen LogP contribution in [0.2, 0.25) is 0 Å². The lowest BCUT2D eigenvalue weighted by atomic mass is 10.1. The van der Waals surface area contributed by atoms with Crippen molar-refractivity contribution in [3.8, 4) is 0 Å². The molecular weight excluding hydrogens is 408 g/mol. The standard InChI is InChI=1S/C18H16BrF2N3O2/c1-2-23(16-6-3-12(19)9-22-16)18(26)11-7-17(25)24(10-11)15-5-4-13(20)8-14(15)21/h3-6,8-9,11H,2,7,10H2,1H3. The fourth-order valence-corrected chi connectivity index (χ4v) is 3.22. The van der Waals surface area contributed by atoms with Crippen molar-refractivity contribution in [2.45, 2.75) is 13.3 Å². The van der Waals surface area contributed by atoms with E-state index in [0.29, 0.717) is 12.4 Å². The lowest BCUT2D eigenvalue weighted by molar-refractivity contribution is -0.124. The molecule has 2 amide bonds. The molecule has 5 nitrogen and oxygen atoms in total. The molecule has 3 rings (SSSR count). The SMILES string of the molecule is CCN(C(=O)C1CC(=O)N(c2ccc(F)cc2F)C1)c1ccc(Br)cn1. The van der Waals surface area contributed by atoms with Crippen molar-refractivity contribution < 1.29 is 18.4 Å². The minimum Gasteiger partial charge on any atom is -0.309 e. The van der Waals surface area contributed by atoms with Crippen LogP contribution in [-0.2, 0) is 9.59 Å². The van der Waals surface area contributed by atoms with Crippen LogP contribution in [0.1, 0.15) is 13.3 Å². The van der Waals surface area contributed by atoms with E-state index in [-0.39, 0.29) is 30.5 Å². The summed E-state index contributed by atoms with van der Waals surface area (Å²) in [6.07, 6.45) is 1.56. The van der Waals surface area contributed by atoms with Crippen molar-refractivity contribution in [2.24, 2.45) is 5.92 Å². The van der Waals surface area contributed by atoms with E-state index in [4.69, 9.17) is 0 Å². The van der Waals surface area contributed by atoms with Gasteiger partial charge in [0.25, 0.3) is 0 Å². The molecular formula is C18H16BrF2N3O2. The Balaban J connectivity index is 1.80. The molecule has 2 heterocycles. The summed E-state index contributed by atoms with van der Waals surface area (Å²) in [6.45, 7) is 2.26. The highest BCUT2D eigenvalue weighted by Crippen LogP contribution is 2.29. The molecule has 1 aromatic heterocycles. The van der Waals surface area contributed by atoms with E-state index in [1.165, 1.54) is 15.9 Å². The Morgan fingerprint density at radius 3 is 2.73 bits per heavy atom. The summed E-state index contributed by atoms with van der Waals surface area (Å²) in [5, 5.41) is 0. The largest absolute Gasteiger partial charge is 0.309 e. The molecule has 1 atom stereocenters. The average molecular weight is 424 g/mol. The molecule has 0 bridgehead atoms. The number of benzene rings is 1. The first-order valence-corrected chi connectivity index (χ1v) is 8.88. The molecule has 26 heavy (non-hydrogen) atoms. The molecule has 1 aliphatic rings. The van der Waals surface area contributed by atoms with E-state index in [1.807, 2.05) is 6.92 Å². The highest BCUT2D eigenvalue weighted by atomic mass is 79.9. The summed E-state index contributed by atoms with van der Waals surface area (Å²) in [5.41, 5.74) is -0.0171. The zero-order chi connectivity index (χ0) is 18.8. The van der Waals surface area contributed by atoms with Gasteiger partial charge in [0, 0.05) is 36.2 Å². The van der Waals surface area contributed by atoms with Gasteiger partial charge in [0.05, 0.1) is 11.6 Å². The van der Waals surface area contributed by atoms with Gasteiger partial charge in [-0.2, -0.15) is 0 Å². The average Bonchev–Trinajstić information content (AvgIpc) is 2.99. The maximum Gasteiger partial charge on any atom is 0.233 e. The zero-order valence-electron chi connectivity index (χ0n) is 14.0. The van der Waals surface area contributed by atoms with Crippen LogP contribution < -0.4 is 9.80 Å². The Hall–Kier alpha value is -2.35. The van der Waals surface area contributed by atoms with Crippen molar-refractivity contribution in [1.29, 1.82) is 0 Å². The second-order valence-corrected chi connectivity index (χ2v) is 6.83. The first kappa shape index (κ1) is 18.4. The molecule has 1 aromatic carbocycles. The van der Waals surface area contributed by atoms with E-state index in [1.54, 1.807) is 18.3 Å². The molecule has 1 fully saturated rings. The van der Waals surface area contributed by atoms with Gasteiger partial charge in [-0.1, -0.05) is 0 Å². The topological polar surface area (TPSA) is 53.5 Å². The molecule has 0 radical (unpaired) electrons. The number of hydrogen-bond donors (Lipinski definition) is 0. The van der Waals surface area contributed by atoms with E-state index in [9.17, 15) is 18.4 Å². The summed E-state index contributed by atoms with van der Waals surface area (Å²) in [6, 6.07) is 6.51. The zero-order valence-corrected chi connectivity index (χ0v) is 15.5. The third-order valence-electron chi connectivity index (χ3n) is 4.25. The number of nitrogens with zero attached hydrogens (tertiary/aromatic N) is 3. The molecule has 0 saturated carbocycles. The highest BCUT2D eigenvalue weighted by molar-refractivity contribution is 9.10. The third-order valence-corrected chi connectivity index (χ3v) is 4.71. The third kappa shape index (κ3) is 3.60. The molecule has 2 aromatic rings. The summed E-state index contributed by atoms with van der Waals surface area (Å²) in [5.74, 6) is -2.29. The summed E-state index contributed by atoms with van der Waals surface area (Å²) in [4.78, 5) is 32.1. The summed E-state index contributed by atoms with van der Waals surface area (Å²) in [7, 11) is 0. The molecule has 1 saturated heterocycles. The Kier molecular flexibility index (Phi) is 5.31. The summed E-state index contributed by atoms with van der Waals surface area (Å²) < 4.78 is 27.9. The van der Waals surface area contributed by atoms with Crippen LogP contribution in [-0.4, -0.2) is 29.9 Å². The Bertz CT molecular complexity index is 845. The number of halogens is 3. The number of hydrogen-bond acceptors (Lipinski definition) is 3. The number of rotatable bonds is 4. The van der Waals surface area contributed by atoms with E-state index in [0.717, 1.165) is 16.6 Å². The predicted molar refractivity (Wildman–Crippen MR) is 96.8 cm³/mol. The summed E-state index contributed by atoms with van der Waals surface area (Å²) >= 11 is 3.29. The second kappa shape index (κ2) is 7.49. The Morgan fingerprint density at radius 2 is 2.12 bits per heavy atom. The van der Waals surface area contributed by atoms with E-state index < -0.39 is 17.6 Å². The van der Waals surface area contributed by atoms with Crippen LogP contribution in [0.3, 0.4) is 0 Å². The minimum absolute atomic E-state index is 0.0171. The van der Waals surface area contributed by atoms with Gasteiger partial charge in [0.15, 0.2) is 0 Å². The highest BCUT2D eigenvalue weighted by Gasteiger charge is 2.38. The van der Waals surface area contributed by atoms with Gasteiger partial charge in [-0.15, -0.1) is 0 Å². The number of carbonyl (C=O) groups excluding carboxylic acids is 2. The first-order chi connectivity index (χ1) is 12.4. The maximum atomic E-state index is 14.0. The van der Waals surface area contributed by atoms with Crippen molar-refractivity contribution in [3.63, 3.8) is 0 Å². The smallest absolute Gasteiger partial charge is 0.233 e. The van der Waals surface area contributed by atoms with Crippen LogP contribution in [0.4, 0.5) is 20.3 Å². The van der Waals surface area contributed by atoms with Crippen LogP contribution >= 0.6 is 15.9 Å². The molecule has 0 N–H and O–H groups in total. The maximum absolute atomic E-state index is 14.0. The van der Waals surface area contributed by atoms with E-state index >= 15 is 0 Å². The van der Waals surface area contributed by atoms with Crippen molar-refractivity contribution in [2.75, 3.05) is 22.9 Å². The van der Waals surface area contributed by atoms with Gasteiger partial charge < -0.3 is 4.90 Å². The molecule has 8 heteroatoms. The van der Waals surface area contributed by atoms with Gasteiger partial charge in [0.2, 0.25) is 11.8 Å². The van der Waals surface area contributed by atoms with Crippen LogP contribution in [0.25, 0.3) is 0 Å². The Morgan fingerprint density at radius 1 is 1.35 bits per heavy atom. The molecule has 1 unspecified atom stereocenters. The number of aromatic nitrogens is 1. The lowest BCUT2D eigenvalue weighted by Gasteiger charge is -2.23. The Labute approximate surface area is 157 Å². The fraction of sp³-hybridized carbons (Fsp3) is 0.278. The van der Waals surface area contributed by atoms with E-state index in [2.05, 4.69) is 20.9 Å². The first-order valence-electron chi connectivity index (χ1n) is 8.09. The molecule has 0 aliphatic carbocycles.